The molecule has 12 heavy (non-hydrogen) atoms. The highest BCUT2D eigenvalue weighted by atomic mass is 32.2. The van der Waals surface area contributed by atoms with Crippen LogP contribution in [0.5, 0.6) is 0 Å². The Morgan fingerprint density at radius 1 is 1.67 bits per heavy atom. The fourth-order valence-corrected chi connectivity index (χ4v) is 3.26. The molecule has 2 atom stereocenters. The zero-order valence-corrected chi connectivity index (χ0v) is 8.55. The van der Waals surface area contributed by atoms with Gasteiger partial charge in [-0.05, 0) is 13.5 Å². The maximum absolute atomic E-state index is 11.0. The van der Waals surface area contributed by atoms with E-state index < -0.39 is 15.4 Å². The lowest BCUT2D eigenvalue weighted by atomic mass is 10.2. The molecule has 1 heterocycles. The summed E-state index contributed by atoms with van der Waals surface area (Å²) in [5, 5.41) is 9.05. The first-order valence-corrected chi connectivity index (χ1v) is 6.04. The summed E-state index contributed by atoms with van der Waals surface area (Å²) in [6.07, 6.45) is 0.594. The lowest BCUT2D eigenvalue weighted by molar-refractivity contribution is 0.0730. The second kappa shape index (κ2) is 3.53. The fraction of sp³-hybridized carbons (Fsp3) is 1.00. The van der Waals surface area contributed by atoms with Crippen LogP contribution in [0.25, 0.3) is 0 Å². The number of aliphatic hydroxyl groups excluding tert-OH is 1. The summed E-state index contributed by atoms with van der Waals surface area (Å²) in [5.41, 5.74) is -0.872. The fourth-order valence-electron chi connectivity index (χ4n) is 1.29. The van der Waals surface area contributed by atoms with Gasteiger partial charge in [-0.3, -0.25) is 4.90 Å². The Balaban J connectivity index is 2.58. The van der Waals surface area contributed by atoms with Crippen molar-refractivity contribution in [1.82, 2.24) is 4.90 Å². The van der Waals surface area contributed by atoms with Crippen LogP contribution < -0.4 is 0 Å². The molecular weight excluding hydrogens is 198 g/mol. The quantitative estimate of drug-likeness (QED) is 0.469. The van der Waals surface area contributed by atoms with E-state index in [1.807, 2.05) is 0 Å². The van der Waals surface area contributed by atoms with Gasteiger partial charge in [-0.25, -0.2) is 8.42 Å². The molecule has 1 fully saturated rings. The molecule has 1 saturated heterocycles. The first-order valence-electron chi connectivity index (χ1n) is 3.71. The Hall–Kier alpha value is 0.220. The SMILES string of the molecule is CN(C(O)S)C1CCS(=O)(=O)C1. The number of nitrogens with zero attached hydrogens (tertiary/aromatic N) is 1. The van der Waals surface area contributed by atoms with Crippen LogP contribution >= 0.6 is 12.6 Å². The highest BCUT2D eigenvalue weighted by molar-refractivity contribution is 7.91. The van der Waals surface area contributed by atoms with E-state index in [0.717, 1.165) is 0 Å². The summed E-state index contributed by atoms with van der Waals surface area (Å²) in [5.74, 6) is 0.365. The molecule has 1 rings (SSSR count). The monoisotopic (exact) mass is 211 g/mol. The van der Waals surface area contributed by atoms with Crippen molar-refractivity contribution in [2.24, 2.45) is 0 Å². The summed E-state index contributed by atoms with van der Waals surface area (Å²) < 4.78 is 22.1. The highest BCUT2D eigenvalue weighted by Crippen LogP contribution is 2.18. The number of thiol groups is 1. The van der Waals surface area contributed by atoms with E-state index in [-0.39, 0.29) is 17.5 Å². The van der Waals surface area contributed by atoms with Crippen LogP contribution in [0.3, 0.4) is 0 Å². The minimum atomic E-state index is -2.86. The summed E-state index contributed by atoms with van der Waals surface area (Å²) in [7, 11) is -1.19. The summed E-state index contributed by atoms with van der Waals surface area (Å²) >= 11 is 3.81. The Labute approximate surface area is 77.9 Å². The van der Waals surface area contributed by atoms with Gasteiger partial charge in [0.2, 0.25) is 0 Å². The van der Waals surface area contributed by atoms with Gasteiger partial charge in [0, 0.05) is 6.04 Å². The molecular formula is C6H13NO3S2. The summed E-state index contributed by atoms with van der Waals surface area (Å²) in [6.45, 7) is 0. The molecule has 0 aliphatic carbocycles. The van der Waals surface area contributed by atoms with Crippen molar-refractivity contribution < 1.29 is 13.5 Å². The molecule has 0 saturated carbocycles. The first-order chi connectivity index (χ1) is 5.42. The van der Waals surface area contributed by atoms with Crippen molar-refractivity contribution in [1.29, 1.82) is 0 Å². The predicted molar refractivity (Wildman–Crippen MR) is 49.8 cm³/mol. The van der Waals surface area contributed by atoms with Gasteiger partial charge in [0.25, 0.3) is 0 Å². The largest absolute Gasteiger partial charge is 0.369 e. The smallest absolute Gasteiger partial charge is 0.152 e. The molecule has 4 nitrogen and oxygen atoms in total. The first kappa shape index (κ1) is 10.3. The van der Waals surface area contributed by atoms with E-state index >= 15 is 0 Å². The molecule has 1 aliphatic rings. The lowest BCUT2D eigenvalue weighted by Crippen LogP contribution is -2.37. The Morgan fingerprint density at radius 3 is 2.58 bits per heavy atom. The number of sulfone groups is 1. The highest BCUT2D eigenvalue weighted by Gasteiger charge is 2.31. The third kappa shape index (κ3) is 2.35. The zero-order chi connectivity index (χ0) is 9.35. The van der Waals surface area contributed by atoms with E-state index in [2.05, 4.69) is 12.6 Å². The van der Waals surface area contributed by atoms with Gasteiger partial charge in [0.1, 0.15) is 0 Å². The maximum Gasteiger partial charge on any atom is 0.152 e. The van der Waals surface area contributed by atoms with Gasteiger partial charge in [-0.2, -0.15) is 0 Å². The average molecular weight is 211 g/mol. The second-order valence-electron chi connectivity index (χ2n) is 3.07. The van der Waals surface area contributed by atoms with Crippen LogP contribution in [0.15, 0.2) is 0 Å². The van der Waals surface area contributed by atoms with Gasteiger partial charge in [0.15, 0.2) is 15.4 Å². The third-order valence-electron chi connectivity index (χ3n) is 2.15. The molecule has 0 spiro atoms. The van der Waals surface area contributed by atoms with Crippen molar-refractivity contribution in [3.63, 3.8) is 0 Å². The van der Waals surface area contributed by atoms with Crippen LogP contribution in [0.2, 0.25) is 0 Å². The van der Waals surface area contributed by atoms with E-state index in [4.69, 9.17) is 5.11 Å². The number of hydrogen-bond donors (Lipinski definition) is 2. The Bertz CT molecular complexity index is 250. The standard InChI is InChI=1S/C6H13NO3S2/c1-7(6(8)11)5-2-3-12(9,10)4-5/h5-6,8,11H,2-4H2,1H3. The van der Waals surface area contributed by atoms with Crippen LogP contribution in [0.1, 0.15) is 6.42 Å². The molecule has 0 radical (unpaired) electrons. The Morgan fingerprint density at radius 2 is 2.25 bits per heavy atom. The van der Waals surface area contributed by atoms with E-state index in [0.29, 0.717) is 6.42 Å². The zero-order valence-electron chi connectivity index (χ0n) is 6.84. The van der Waals surface area contributed by atoms with E-state index in [1.54, 1.807) is 11.9 Å². The van der Waals surface area contributed by atoms with E-state index in [9.17, 15) is 8.42 Å². The van der Waals surface area contributed by atoms with Gasteiger partial charge >= 0.3 is 0 Å². The summed E-state index contributed by atoms with van der Waals surface area (Å²) in [4.78, 5) is 1.56. The minimum Gasteiger partial charge on any atom is -0.369 e. The van der Waals surface area contributed by atoms with Gasteiger partial charge in [-0.15, -0.1) is 12.6 Å². The van der Waals surface area contributed by atoms with Crippen molar-refractivity contribution in [2.45, 2.75) is 18.0 Å². The number of hydrogen-bond acceptors (Lipinski definition) is 5. The molecule has 1 aliphatic heterocycles. The third-order valence-corrected chi connectivity index (χ3v) is 4.26. The maximum atomic E-state index is 11.0. The topological polar surface area (TPSA) is 57.6 Å². The number of aliphatic hydroxyl groups is 1. The summed E-state index contributed by atoms with van der Waals surface area (Å²) in [6, 6.07) is -0.0810. The normalized spacial score (nSPS) is 30.8. The van der Waals surface area contributed by atoms with Crippen molar-refractivity contribution in [3.05, 3.63) is 0 Å². The number of rotatable bonds is 2. The Kier molecular flexibility index (Phi) is 3.03. The molecule has 2 unspecified atom stereocenters. The average Bonchev–Trinajstić information content (AvgIpc) is 2.28. The molecule has 72 valence electrons. The molecule has 0 aromatic heterocycles. The lowest BCUT2D eigenvalue weighted by Gasteiger charge is -2.24. The van der Waals surface area contributed by atoms with Crippen LogP contribution in [0.4, 0.5) is 0 Å². The minimum absolute atomic E-state index is 0.0810. The van der Waals surface area contributed by atoms with Crippen molar-refractivity contribution in [3.8, 4) is 0 Å². The van der Waals surface area contributed by atoms with Gasteiger partial charge in [-0.1, -0.05) is 0 Å². The van der Waals surface area contributed by atoms with Gasteiger partial charge in [0.05, 0.1) is 11.5 Å². The molecule has 0 amide bonds. The molecule has 6 heteroatoms. The molecule has 0 aromatic carbocycles. The molecule has 0 bridgehead atoms. The molecule has 1 N–H and O–H groups in total. The van der Waals surface area contributed by atoms with Crippen LogP contribution in [-0.2, 0) is 9.84 Å². The van der Waals surface area contributed by atoms with E-state index in [1.165, 1.54) is 0 Å². The van der Waals surface area contributed by atoms with Crippen molar-refractivity contribution in [2.75, 3.05) is 18.6 Å². The second-order valence-corrected chi connectivity index (χ2v) is 5.76. The van der Waals surface area contributed by atoms with Crippen LogP contribution in [-0.4, -0.2) is 48.6 Å². The van der Waals surface area contributed by atoms with Gasteiger partial charge < -0.3 is 5.11 Å². The predicted octanol–water partition coefficient (Wildman–Crippen LogP) is -0.689. The molecule has 0 aromatic rings. The van der Waals surface area contributed by atoms with Crippen LogP contribution in [0, 0.1) is 0 Å². The van der Waals surface area contributed by atoms with Crippen molar-refractivity contribution >= 4 is 22.5 Å².